The van der Waals surface area contributed by atoms with Gasteiger partial charge in [-0.1, -0.05) is 19.4 Å². The topological polar surface area (TPSA) is 117 Å². The maximum Gasteiger partial charge on any atom is 0.341 e. The van der Waals surface area contributed by atoms with Crippen LogP contribution >= 0.6 is 0 Å². The smallest absolute Gasteiger partial charge is 0.341 e. The van der Waals surface area contributed by atoms with Crippen molar-refractivity contribution in [1.82, 2.24) is 0 Å². The van der Waals surface area contributed by atoms with Crippen LogP contribution in [0.25, 0.3) is 0 Å². The van der Waals surface area contributed by atoms with Gasteiger partial charge in [-0.25, -0.2) is 4.79 Å². The number of ether oxygens (including phenoxy) is 4. The average Bonchev–Trinajstić information content (AvgIpc) is 3.64. The number of benzene rings is 2. The zero-order chi connectivity index (χ0) is 25.2. The molecule has 8 nitrogen and oxygen atoms in total. The molecule has 1 aliphatic rings. The van der Waals surface area contributed by atoms with Crippen molar-refractivity contribution in [3.05, 3.63) is 47.0 Å². The van der Waals surface area contributed by atoms with E-state index in [2.05, 4.69) is 0 Å². The lowest BCUT2D eigenvalue weighted by Crippen LogP contribution is -2.15. The van der Waals surface area contributed by atoms with Crippen LogP contribution in [0.2, 0.25) is 0 Å². The van der Waals surface area contributed by atoms with Crippen molar-refractivity contribution < 1.29 is 33.6 Å². The summed E-state index contributed by atoms with van der Waals surface area (Å²) < 4.78 is 23.3. The predicted octanol–water partition coefficient (Wildman–Crippen LogP) is 4.40. The van der Waals surface area contributed by atoms with Gasteiger partial charge in [-0.3, -0.25) is 4.79 Å². The van der Waals surface area contributed by atoms with Gasteiger partial charge in [-0.05, 0) is 62.8 Å². The van der Waals surface area contributed by atoms with Crippen molar-refractivity contribution in [1.29, 1.82) is 0 Å². The summed E-state index contributed by atoms with van der Waals surface area (Å²) in [6.45, 7) is 4.82. The Labute approximate surface area is 206 Å². The Balaban J connectivity index is 1.63. The van der Waals surface area contributed by atoms with Crippen LogP contribution in [-0.2, 0) is 17.6 Å². The van der Waals surface area contributed by atoms with E-state index in [4.69, 9.17) is 29.8 Å². The van der Waals surface area contributed by atoms with Crippen LogP contribution in [0.5, 0.6) is 23.0 Å². The number of carboxylic acid groups (broad SMARTS) is 1. The normalized spacial score (nSPS) is 12.7. The molecule has 3 rings (SSSR count). The summed E-state index contributed by atoms with van der Waals surface area (Å²) in [5.74, 6) is 1.51. The number of primary amides is 1. The van der Waals surface area contributed by atoms with Gasteiger partial charge >= 0.3 is 5.97 Å². The molecule has 3 N–H and O–H groups in total. The van der Waals surface area contributed by atoms with Gasteiger partial charge in [-0.15, -0.1) is 0 Å². The second kappa shape index (κ2) is 12.9. The van der Waals surface area contributed by atoms with Gasteiger partial charge in [0.05, 0.1) is 25.4 Å². The van der Waals surface area contributed by atoms with E-state index in [1.807, 2.05) is 19.9 Å². The first-order valence-electron chi connectivity index (χ1n) is 12.2. The zero-order valence-corrected chi connectivity index (χ0v) is 20.5. The quantitative estimate of drug-likeness (QED) is 0.338. The van der Waals surface area contributed by atoms with Gasteiger partial charge in [-0.2, -0.15) is 0 Å². The molecule has 0 atom stereocenters. The maximum absolute atomic E-state index is 11.9. The molecular formula is C27H35NO7. The molecule has 1 amide bonds. The van der Waals surface area contributed by atoms with Crippen molar-refractivity contribution >= 4 is 11.9 Å². The fourth-order valence-corrected chi connectivity index (χ4v) is 3.93. The van der Waals surface area contributed by atoms with E-state index in [1.165, 1.54) is 0 Å². The first kappa shape index (κ1) is 26.2. The lowest BCUT2D eigenvalue weighted by atomic mass is 10.0. The highest BCUT2D eigenvalue weighted by molar-refractivity contribution is 5.96. The molecule has 35 heavy (non-hydrogen) atoms. The molecule has 2 aromatic carbocycles. The molecule has 1 fully saturated rings. The highest BCUT2D eigenvalue weighted by Crippen LogP contribution is 2.41. The zero-order valence-electron chi connectivity index (χ0n) is 20.5. The van der Waals surface area contributed by atoms with Gasteiger partial charge in [0, 0.05) is 17.5 Å². The Morgan fingerprint density at radius 3 is 2.17 bits per heavy atom. The number of aliphatic carboxylic acids is 1. The van der Waals surface area contributed by atoms with Crippen molar-refractivity contribution in [3.8, 4) is 23.0 Å². The van der Waals surface area contributed by atoms with E-state index in [1.54, 1.807) is 24.3 Å². The second-order valence-corrected chi connectivity index (χ2v) is 8.58. The highest BCUT2D eigenvalue weighted by Gasteiger charge is 2.27. The summed E-state index contributed by atoms with van der Waals surface area (Å²) in [4.78, 5) is 22.8. The molecule has 0 saturated heterocycles. The molecule has 0 aliphatic heterocycles. The van der Waals surface area contributed by atoms with Crippen LogP contribution in [0.1, 0.15) is 61.0 Å². The molecule has 190 valence electrons. The molecule has 0 spiro atoms. The largest absolute Gasteiger partial charge is 0.493 e. The molecule has 8 heteroatoms. The van der Waals surface area contributed by atoms with E-state index in [-0.39, 0.29) is 0 Å². The minimum Gasteiger partial charge on any atom is -0.493 e. The summed E-state index contributed by atoms with van der Waals surface area (Å²) in [6, 6.07) is 8.88. The van der Waals surface area contributed by atoms with Crippen molar-refractivity contribution in [3.63, 3.8) is 0 Å². The Morgan fingerprint density at radius 1 is 0.943 bits per heavy atom. The standard InChI is InChI=1S/C27H35NO7/c1-3-7-19-22(8-5-9-23(19)35-17-25(29)30)33-14-6-15-34-24-13-12-20(27(28)31)26(32-4-2)21(24)16-18-10-11-18/h5,8-9,12-13,18H,3-4,6-7,10-11,14-17H2,1-2H3,(H2,28,31)(H,29,30). The number of carboxylic acids is 1. The molecule has 2 aromatic rings. The van der Waals surface area contributed by atoms with Gasteiger partial charge < -0.3 is 29.8 Å². The number of rotatable bonds is 16. The van der Waals surface area contributed by atoms with Gasteiger partial charge in [0.15, 0.2) is 6.61 Å². The van der Waals surface area contributed by atoms with Crippen molar-refractivity contribution in [2.24, 2.45) is 11.7 Å². The van der Waals surface area contributed by atoms with Crippen LogP contribution < -0.4 is 24.7 Å². The number of carbonyl (C=O) groups excluding carboxylic acids is 1. The number of hydrogen-bond donors (Lipinski definition) is 2. The van der Waals surface area contributed by atoms with E-state index in [9.17, 15) is 9.59 Å². The lowest BCUT2D eigenvalue weighted by Gasteiger charge is -2.18. The molecule has 1 aliphatic carbocycles. The predicted molar refractivity (Wildman–Crippen MR) is 132 cm³/mol. The molecule has 1 saturated carbocycles. The summed E-state index contributed by atoms with van der Waals surface area (Å²) >= 11 is 0. The van der Waals surface area contributed by atoms with E-state index in [0.29, 0.717) is 60.7 Å². The van der Waals surface area contributed by atoms with E-state index >= 15 is 0 Å². The monoisotopic (exact) mass is 485 g/mol. The summed E-state index contributed by atoms with van der Waals surface area (Å²) in [5.41, 5.74) is 7.72. The number of hydrogen-bond acceptors (Lipinski definition) is 6. The lowest BCUT2D eigenvalue weighted by molar-refractivity contribution is -0.139. The summed E-state index contributed by atoms with van der Waals surface area (Å²) in [7, 11) is 0. The van der Waals surface area contributed by atoms with Gasteiger partial charge in [0.25, 0.3) is 5.91 Å². The third-order valence-corrected chi connectivity index (χ3v) is 5.71. The van der Waals surface area contributed by atoms with Crippen LogP contribution in [0.4, 0.5) is 0 Å². The Morgan fingerprint density at radius 2 is 1.60 bits per heavy atom. The number of nitrogens with two attached hydrogens (primary N) is 1. The number of amides is 1. The first-order chi connectivity index (χ1) is 16.9. The molecule has 0 bridgehead atoms. The first-order valence-corrected chi connectivity index (χ1v) is 12.2. The average molecular weight is 486 g/mol. The molecule has 0 unspecified atom stereocenters. The van der Waals surface area contributed by atoms with Crippen LogP contribution in [0.15, 0.2) is 30.3 Å². The Kier molecular flexibility index (Phi) is 9.64. The van der Waals surface area contributed by atoms with E-state index < -0.39 is 18.5 Å². The molecule has 0 heterocycles. The molecule has 0 aromatic heterocycles. The van der Waals surface area contributed by atoms with Crippen LogP contribution in [-0.4, -0.2) is 43.4 Å². The Hall–Kier alpha value is -3.42. The Bertz CT molecular complexity index is 1020. The van der Waals surface area contributed by atoms with Gasteiger partial charge in [0.2, 0.25) is 0 Å². The number of carbonyl (C=O) groups is 2. The van der Waals surface area contributed by atoms with Gasteiger partial charge in [0.1, 0.15) is 23.0 Å². The third-order valence-electron chi connectivity index (χ3n) is 5.71. The van der Waals surface area contributed by atoms with Crippen LogP contribution in [0, 0.1) is 5.92 Å². The maximum atomic E-state index is 11.9. The summed E-state index contributed by atoms with van der Waals surface area (Å²) in [5, 5.41) is 8.92. The minimum absolute atomic E-state index is 0.381. The van der Waals surface area contributed by atoms with E-state index in [0.717, 1.165) is 43.2 Å². The minimum atomic E-state index is -1.02. The fourth-order valence-electron chi connectivity index (χ4n) is 3.93. The molecule has 0 radical (unpaired) electrons. The second-order valence-electron chi connectivity index (χ2n) is 8.58. The van der Waals surface area contributed by atoms with Crippen molar-refractivity contribution in [2.75, 3.05) is 26.4 Å². The highest BCUT2D eigenvalue weighted by atomic mass is 16.5. The summed E-state index contributed by atoms with van der Waals surface area (Å²) in [6.07, 6.45) is 5.35. The fraction of sp³-hybridized carbons (Fsp3) is 0.481. The SMILES string of the molecule is CCCc1c(OCCCOc2ccc(C(N)=O)c(OCC)c2CC2CC2)cccc1OCC(=O)O. The van der Waals surface area contributed by atoms with Crippen LogP contribution in [0.3, 0.4) is 0 Å². The van der Waals surface area contributed by atoms with Crippen molar-refractivity contribution in [2.45, 2.75) is 52.4 Å². The molecular weight excluding hydrogens is 450 g/mol. The third kappa shape index (κ3) is 7.53.